The van der Waals surface area contributed by atoms with Gasteiger partial charge in [-0.05, 0) is 37.1 Å². The first-order valence-electron chi connectivity index (χ1n) is 6.31. The van der Waals surface area contributed by atoms with E-state index in [1.54, 1.807) is 7.11 Å². The summed E-state index contributed by atoms with van der Waals surface area (Å²) in [4.78, 5) is 2.44. The number of benzene rings is 1. The van der Waals surface area contributed by atoms with Gasteiger partial charge in [0.15, 0.2) is 0 Å². The SMILES string of the molecule is COc1cccc(C2(O)CCN3CCC2C3)c1. The number of methoxy groups -OCH3 is 1. The van der Waals surface area contributed by atoms with Crippen molar-refractivity contribution in [3.8, 4) is 5.75 Å². The summed E-state index contributed by atoms with van der Waals surface area (Å²) in [6, 6.07) is 7.90. The van der Waals surface area contributed by atoms with Crippen molar-refractivity contribution in [1.29, 1.82) is 0 Å². The lowest BCUT2D eigenvalue weighted by Crippen LogP contribution is -2.44. The Morgan fingerprint density at radius 1 is 1.41 bits per heavy atom. The number of hydrogen-bond donors (Lipinski definition) is 1. The molecule has 0 saturated carbocycles. The average Bonchev–Trinajstić information content (AvgIpc) is 2.79. The fourth-order valence-corrected chi connectivity index (χ4v) is 3.23. The summed E-state index contributed by atoms with van der Waals surface area (Å²) in [6.45, 7) is 3.18. The van der Waals surface area contributed by atoms with Crippen molar-refractivity contribution in [3.63, 3.8) is 0 Å². The van der Waals surface area contributed by atoms with Gasteiger partial charge in [-0.2, -0.15) is 0 Å². The third-order valence-electron chi connectivity index (χ3n) is 4.33. The molecule has 3 unspecified atom stereocenters. The molecule has 2 aliphatic heterocycles. The van der Waals surface area contributed by atoms with Crippen molar-refractivity contribution in [2.24, 2.45) is 5.92 Å². The Bertz CT molecular complexity index is 420. The summed E-state index contributed by atoms with van der Waals surface area (Å²) in [5.41, 5.74) is 0.366. The number of rotatable bonds is 2. The summed E-state index contributed by atoms with van der Waals surface area (Å²) in [5.74, 6) is 1.21. The molecule has 17 heavy (non-hydrogen) atoms. The fourth-order valence-electron chi connectivity index (χ4n) is 3.23. The molecular formula is C14H19NO2. The zero-order valence-electron chi connectivity index (χ0n) is 10.2. The van der Waals surface area contributed by atoms with E-state index in [0.717, 1.165) is 43.8 Å². The van der Waals surface area contributed by atoms with E-state index in [1.807, 2.05) is 24.3 Å². The number of nitrogens with zero attached hydrogens (tertiary/aromatic N) is 1. The first-order valence-corrected chi connectivity index (χ1v) is 6.31. The van der Waals surface area contributed by atoms with Crippen LogP contribution >= 0.6 is 0 Å². The summed E-state index contributed by atoms with van der Waals surface area (Å²) < 4.78 is 5.25. The van der Waals surface area contributed by atoms with E-state index >= 15 is 0 Å². The van der Waals surface area contributed by atoms with Crippen molar-refractivity contribution in [1.82, 2.24) is 4.90 Å². The zero-order valence-corrected chi connectivity index (χ0v) is 10.2. The van der Waals surface area contributed by atoms with Gasteiger partial charge in [0.05, 0.1) is 12.7 Å². The molecule has 2 aliphatic rings. The molecule has 1 N–H and O–H groups in total. The molecule has 0 spiro atoms. The molecule has 0 aromatic heterocycles. The van der Waals surface area contributed by atoms with Gasteiger partial charge in [0.2, 0.25) is 0 Å². The summed E-state index contributed by atoms with van der Waals surface area (Å²) in [5, 5.41) is 11.0. The summed E-state index contributed by atoms with van der Waals surface area (Å²) in [7, 11) is 1.67. The third kappa shape index (κ3) is 1.74. The van der Waals surface area contributed by atoms with Gasteiger partial charge < -0.3 is 14.7 Å². The number of aliphatic hydroxyl groups is 1. The summed E-state index contributed by atoms with van der Waals surface area (Å²) in [6.07, 6.45) is 1.94. The molecule has 2 fully saturated rings. The molecule has 1 aromatic carbocycles. The molecule has 0 amide bonds. The molecule has 3 atom stereocenters. The van der Waals surface area contributed by atoms with Gasteiger partial charge in [-0.15, -0.1) is 0 Å². The van der Waals surface area contributed by atoms with E-state index in [9.17, 15) is 5.11 Å². The number of piperidine rings is 1. The van der Waals surface area contributed by atoms with E-state index < -0.39 is 5.60 Å². The van der Waals surface area contributed by atoms with Gasteiger partial charge in [-0.25, -0.2) is 0 Å². The van der Waals surface area contributed by atoms with E-state index in [2.05, 4.69) is 4.90 Å². The third-order valence-corrected chi connectivity index (χ3v) is 4.33. The van der Waals surface area contributed by atoms with Gasteiger partial charge in [-0.3, -0.25) is 0 Å². The first-order chi connectivity index (χ1) is 8.22. The minimum absolute atomic E-state index is 0.378. The van der Waals surface area contributed by atoms with Gasteiger partial charge in [-0.1, -0.05) is 12.1 Å². The Morgan fingerprint density at radius 3 is 3.12 bits per heavy atom. The topological polar surface area (TPSA) is 32.7 Å². The Kier molecular flexibility index (Phi) is 2.60. The van der Waals surface area contributed by atoms with Gasteiger partial charge in [0.1, 0.15) is 5.75 Å². The smallest absolute Gasteiger partial charge is 0.119 e. The average molecular weight is 233 g/mol. The predicted molar refractivity (Wildman–Crippen MR) is 66.1 cm³/mol. The lowest BCUT2D eigenvalue weighted by molar-refractivity contribution is -0.0503. The second-order valence-corrected chi connectivity index (χ2v) is 5.19. The predicted octanol–water partition coefficient (Wildman–Crippen LogP) is 1.61. The van der Waals surface area contributed by atoms with Crippen LogP contribution < -0.4 is 4.74 Å². The van der Waals surface area contributed by atoms with Gasteiger partial charge in [0.25, 0.3) is 0 Å². The molecule has 92 valence electrons. The van der Waals surface area contributed by atoms with Crippen LogP contribution in [0.2, 0.25) is 0 Å². The summed E-state index contributed by atoms with van der Waals surface area (Å²) >= 11 is 0. The van der Waals surface area contributed by atoms with Crippen LogP contribution in [0.25, 0.3) is 0 Å². The van der Waals surface area contributed by atoms with Crippen molar-refractivity contribution >= 4 is 0 Å². The molecule has 0 aliphatic carbocycles. The maximum Gasteiger partial charge on any atom is 0.119 e. The minimum Gasteiger partial charge on any atom is -0.497 e. The maximum absolute atomic E-state index is 11.0. The van der Waals surface area contributed by atoms with Crippen LogP contribution in [0.1, 0.15) is 18.4 Å². The number of hydrogen-bond acceptors (Lipinski definition) is 3. The largest absolute Gasteiger partial charge is 0.497 e. The zero-order chi connectivity index (χ0) is 11.9. The maximum atomic E-state index is 11.0. The second kappa shape index (κ2) is 4.00. The van der Waals surface area contributed by atoms with Crippen LogP contribution in [0.4, 0.5) is 0 Å². The van der Waals surface area contributed by atoms with Gasteiger partial charge >= 0.3 is 0 Å². The molecule has 0 radical (unpaired) electrons. The van der Waals surface area contributed by atoms with Crippen molar-refractivity contribution < 1.29 is 9.84 Å². The monoisotopic (exact) mass is 233 g/mol. The Hall–Kier alpha value is -1.06. The van der Waals surface area contributed by atoms with E-state index in [1.165, 1.54) is 0 Å². The molecular weight excluding hydrogens is 214 g/mol. The van der Waals surface area contributed by atoms with E-state index in [-0.39, 0.29) is 0 Å². The Morgan fingerprint density at radius 2 is 2.29 bits per heavy atom. The second-order valence-electron chi connectivity index (χ2n) is 5.19. The Balaban J connectivity index is 1.95. The van der Waals surface area contributed by atoms with Crippen molar-refractivity contribution in [2.45, 2.75) is 18.4 Å². The lowest BCUT2D eigenvalue weighted by atomic mass is 9.77. The highest BCUT2D eigenvalue weighted by Crippen LogP contribution is 2.43. The molecule has 2 bridgehead atoms. The number of fused-ring (bicyclic) bond motifs is 2. The first kappa shape index (κ1) is 11.1. The van der Waals surface area contributed by atoms with Crippen molar-refractivity contribution in [3.05, 3.63) is 29.8 Å². The molecule has 3 heteroatoms. The highest BCUT2D eigenvalue weighted by atomic mass is 16.5. The van der Waals surface area contributed by atoms with Crippen LogP contribution in [0.15, 0.2) is 24.3 Å². The molecule has 2 heterocycles. The highest BCUT2D eigenvalue weighted by Gasteiger charge is 2.45. The lowest BCUT2D eigenvalue weighted by Gasteiger charge is -2.39. The van der Waals surface area contributed by atoms with Gasteiger partial charge in [0, 0.05) is 19.0 Å². The van der Waals surface area contributed by atoms with Crippen LogP contribution in [-0.4, -0.2) is 36.8 Å². The minimum atomic E-state index is -0.651. The highest BCUT2D eigenvalue weighted by molar-refractivity contribution is 5.33. The van der Waals surface area contributed by atoms with Crippen LogP contribution in [0.5, 0.6) is 5.75 Å². The molecule has 1 aromatic rings. The fraction of sp³-hybridized carbons (Fsp3) is 0.571. The van der Waals surface area contributed by atoms with Crippen LogP contribution in [-0.2, 0) is 5.60 Å². The Labute approximate surface area is 102 Å². The van der Waals surface area contributed by atoms with Crippen molar-refractivity contribution in [2.75, 3.05) is 26.7 Å². The van der Waals surface area contributed by atoms with Crippen LogP contribution in [0, 0.1) is 5.92 Å². The van der Waals surface area contributed by atoms with E-state index in [0.29, 0.717) is 5.92 Å². The molecule has 2 saturated heterocycles. The number of ether oxygens (including phenoxy) is 1. The van der Waals surface area contributed by atoms with E-state index in [4.69, 9.17) is 4.74 Å². The normalized spacial score (nSPS) is 35.9. The standard InChI is InChI=1S/C14H19NO2/c1-17-13-4-2-3-11(9-13)14(16)6-8-15-7-5-12(14)10-15/h2-4,9,12,16H,5-8,10H2,1H3. The molecule has 3 rings (SSSR count). The quantitative estimate of drug-likeness (QED) is 0.842. The molecule has 3 nitrogen and oxygen atoms in total. The van der Waals surface area contributed by atoms with Crippen LogP contribution in [0.3, 0.4) is 0 Å².